The molecule has 5 aliphatic rings. The van der Waals surface area contributed by atoms with Crippen LogP contribution in [0.3, 0.4) is 0 Å². The number of carbonyl (C=O) groups is 2. The summed E-state index contributed by atoms with van der Waals surface area (Å²) in [6.07, 6.45) is 12.8. The van der Waals surface area contributed by atoms with E-state index < -0.39 is 5.60 Å². The summed E-state index contributed by atoms with van der Waals surface area (Å²) in [6.45, 7) is 2.40. The molecule has 1 aliphatic heterocycles. The van der Waals surface area contributed by atoms with E-state index in [4.69, 9.17) is 4.74 Å². The van der Waals surface area contributed by atoms with Gasteiger partial charge in [0, 0.05) is 17.9 Å². The monoisotopic (exact) mass is 402 g/mol. The van der Waals surface area contributed by atoms with E-state index in [9.17, 15) is 9.59 Å². The van der Waals surface area contributed by atoms with Crippen molar-refractivity contribution >= 4 is 11.8 Å². The topological polar surface area (TPSA) is 43.4 Å². The van der Waals surface area contributed by atoms with Crippen LogP contribution >= 0.6 is 0 Å². The predicted molar refractivity (Wildman–Crippen MR) is 115 cm³/mol. The fourth-order valence-electron chi connectivity index (χ4n) is 8.26. The predicted octanol–water partition coefficient (Wildman–Crippen LogP) is 5.37. The second-order valence-corrected chi connectivity index (χ2v) is 10.5. The van der Waals surface area contributed by atoms with E-state index in [1.807, 2.05) is 6.08 Å². The number of rotatable bonds is 1. The molecule has 3 fully saturated rings. The summed E-state index contributed by atoms with van der Waals surface area (Å²) in [6, 6.07) is 11.0. The smallest absolute Gasteiger partial charge is 0.331 e. The maximum atomic E-state index is 12.1. The molecule has 4 unspecified atom stereocenters. The summed E-state index contributed by atoms with van der Waals surface area (Å²) in [5, 5.41) is 0. The Bertz CT molecular complexity index is 960. The van der Waals surface area contributed by atoms with Crippen molar-refractivity contribution in [1.82, 2.24) is 0 Å². The molecular formula is C27H30O3. The van der Waals surface area contributed by atoms with Gasteiger partial charge >= 0.3 is 5.97 Å². The number of benzene rings is 1. The van der Waals surface area contributed by atoms with Crippen molar-refractivity contribution < 1.29 is 14.3 Å². The molecule has 1 aromatic carbocycles. The molecule has 7 atom stereocenters. The Morgan fingerprint density at radius 3 is 2.60 bits per heavy atom. The number of hydrogen-bond acceptors (Lipinski definition) is 3. The first kappa shape index (κ1) is 18.6. The van der Waals surface area contributed by atoms with Crippen LogP contribution in [0.25, 0.3) is 0 Å². The third kappa shape index (κ3) is 2.44. The minimum atomic E-state index is -0.425. The van der Waals surface area contributed by atoms with Crippen LogP contribution in [-0.4, -0.2) is 17.4 Å². The van der Waals surface area contributed by atoms with Crippen LogP contribution in [0, 0.1) is 29.1 Å². The molecule has 1 heterocycles. The molecule has 30 heavy (non-hydrogen) atoms. The lowest BCUT2D eigenvalue weighted by Gasteiger charge is -2.58. The molecule has 4 aliphatic carbocycles. The minimum Gasteiger partial charge on any atom is -0.451 e. The van der Waals surface area contributed by atoms with Crippen LogP contribution in [-0.2, 0) is 14.3 Å². The van der Waals surface area contributed by atoms with E-state index in [1.54, 1.807) is 6.08 Å². The maximum absolute atomic E-state index is 12.1. The number of allylic oxidation sites excluding steroid dienone is 1. The Morgan fingerprint density at radius 1 is 1.00 bits per heavy atom. The lowest BCUT2D eigenvalue weighted by atomic mass is 9.46. The van der Waals surface area contributed by atoms with Gasteiger partial charge in [-0.15, -0.1) is 0 Å². The van der Waals surface area contributed by atoms with Gasteiger partial charge in [0.25, 0.3) is 0 Å². The molecule has 0 radical (unpaired) electrons. The maximum Gasteiger partial charge on any atom is 0.331 e. The molecule has 6 rings (SSSR count). The Kier molecular flexibility index (Phi) is 3.98. The standard InChI is InChI=1S/C27H30O3/c1-26-16-22(17-5-3-2-4-6-17)25-20-10-8-19(28)15-18(20)7-9-21(25)23(26)11-13-27(26)14-12-24(29)30-27/h2-6,12,14-15,20-23,25H,7-11,13,16H2,1H3/t20?,21?,22-,23?,25?,26+,27-/m1/s1. The van der Waals surface area contributed by atoms with Crippen molar-refractivity contribution in [2.75, 3.05) is 0 Å². The van der Waals surface area contributed by atoms with Gasteiger partial charge in [-0.25, -0.2) is 4.79 Å². The lowest BCUT2D eigenvalue weighted by molar-refractivity contribution is -0.162. The van der Waals surface area contributed by atoms with E-state index >= 15 is 0 Å². The second-order valence-electron chi connectivity index (χ2n) is 10.5. The van der Waals surface area contributed by atoms with E-state index in [0.29, 0.717) is 41.8 Å². The van der Waals surface area contributed by atoms with Crippen molar-refractivity contribution in [2.24, 2.45) is 29.1 Å². The number of esters is 1. The molecular weight excluding hydrogens is 372 g/mol. The zero-order valence-corrected chi connectivity index (χ0v) is 17.7. The molecule has 0 N–H and O–H groups in total. The van der Waals surface area contributed by atoms with Gasteiger partial charge in [-0.1, -0.05) is 42.8 Å². The third-order valence-corrected chi connectivity index (χ3v) is 9.49. The van der Waals surface area contributed by atoms with Gasteiger partial charge in [-0.2, -0.15) is 0 Å². The van der Waals surface area contributed by atoms with Gasteiger partial charge in [-0.05, 0) is 85.8 Å². The molecule has 0 saturated heterocycles. The van der Waals surface area contributed by atoms with Crippen LogP contribution < -0.4 is 0 Å². The van der Waals surface area contributed by atoms with E-state index in [0.717, 1.165) is 38.5 Å². The van der Waals surface area contributed by atoms with Gasteiger partial charge in [0.2, 0.25) is 0 Å². The van der Waals surface area contributed by atoms with Crippen molar-refractivity contribution in [3.05, 3.63) is 59.7 Å². The minimum absolute atomic E-state index is 0.0248. The summed E-state index contributed by atoms with van der Waals surface area (Å²) in [5.41, 5.74) is 2.38. The highest BCUT2D eigenvalue weighted by Crippen LogP contribution is 2.69. The highest BCUT2D eigenvalue weighted by molar-refractivity contribution is 5.91. The fraction of sp³-hybridized carbons (Fsp3) is 0.556. The zero-order chi connectivity index (χ0) is 20.5. The van der Waals surface area contributed by atoms with Gasteiger partial charge in [0.05, 0.1) is 0 Å². The molecule has 1 aromatic rings. The highest BCUT2D eigenvalue weighted by Gasteiger charge is 2.66. The molecule has 156 valence electrons. The number of hydrogen-bond donors (Lipinski definition) is 0. The zero-order valence-electron chi connectivity index (χ0n) is 17.7. The number of carbonyl (C=O) groups excluding carboxylic acids is 2. The van der Waals surface area contributed by atoms with Gasteiger partial charge < -0.3 is 4.74 Å². The van der Waals surface area contributed by atoms with Crippen molar-refractivity contribution in [3.8, 4) is 0 Å². The Morgan fingerprint density at radius 2 is 1.83 bits per heavy atom. The molecule has 3 saturated carbocycles. The fourth-order valence-corrected chi connectivity index (χ4v) is 8.26. The first-order valence-electron chi connectivity index (χ1n) is 11.7. The van der Waals surface area contributed by atoms with Crippen molar-refractivity contribution in [1.29, 1.82) is 0 Å². The van der Waals surface area contributed by atoms with Crippen molar-refractivity contribution in [3.63, 3.8) is 0 Å². The quantitative estimate of drug-likeness (QED) is 0.593. The SMILES string of the molecule is C[C@]12C[C@H](c3ccccc3)C3C4CCC(=O)C=C4CCC3C1CC[C@@]21C=CC(=O)O1. The van der Waals surface area contributed by atoms with Crippen LogP contribution in [0.2, 0.25) is 0 Å². The van der Waals surface area contributed by atoms with Crippen molar-refractivity contribution in [2.45, 2.75) is 63.4 Å². The summed E-state index contributed by atoms with van der Waals surface area (Å²) in [4.78, 5) is 24.3. The average Bonchev–Trinajstić information content (AvgIpc) is 3.27. The van der Waals surface area contributed by atoms with Gasteiger partial charge in [0.1, 0.15) is 5.60 Å². The Balaban J connectivity index is 1.46. The number of fused-ring (bicyclic) bond motifs is 6. The third-order valence-electron chi connectivity index (χ3n) is 9.49. The largest absolute Gasteiger partial charge is 0.451 e. The summed E-state index contributed by atoms with van der Waals surface area (Å²) >= 11 is 0. The summed E-state index contributed by atoms with van der Waals surface area (Å²) in [5.74, 6) is 2.94. The molecule has 3 nitrogen and oxygen atoms in total. The lowest BCUT2D eigenvalue weighted by Crippen LogP contribution is -2.54. The molecule has 0 bridgehead atoms. The van der Waals surface area contributed by atoms with Crippen LogP contribution in [0.5, 0.6) is 0 Å². The normalized spacial score (nSPS) is 44.3. The average molecular weight is 403 g/mol. The molecule has 0 amide bonds. The Hall–Kier alpha value is -2.16. The molecule has 3 heteroatoms. The van der Waals surface area contributed by atoms with E-state index in [-0.39, 0.29) is 11.4 Å². The number of ketones is 1. The summed E-state index contributed by atoms with van der Waals surface area (Å²) in [7, 11) is 0. The second kappa shape index (κ2) is 6.42. The first-order chi connectivity index (χ1) is 14.5. The van der Waals surface area contributed by atoms with Gasteiger partial charge in [0.15, 0.2) is 5.78 Å². The Labute approximate surface area is 178 Å². The van der Waals surface area contributed by atoms with Gasteiger partial charge in [-0.3, -0.25) is 4.79 Å². The highest BCUT2D eigenvalue weighted by atomic mass is 16.6. The molecule has 0 aromatic heterocycles. The van der Waals surface area contributed by atoms with Crippen LogP contribution in [0.4, 0.5) is 0 Å². The first-order valence-corrected chi connectivity index (χ1v) is 11.7. The van der Waals surface area contributed by atoms with E-state index in [1.165, 1.54) is 11.1 Å². The van der Waals surface area contributed by atoms with Crippen LogP contribution in [0.15, 0.2) is 54.1 Å². The van der Waals surface area contributed by atoms with E-state index in [2.05, 4.69) is 43.3 Å². The molecule has 1 spiro atoms. The number of ether oxygens (including phenoxy) is 1. The summed E-state index contributed by atoms with van der Waals surface area (Å²) < 4.78 is 6.06. The van der Waals surface area contributed by atoms with Crippen LogP contribution in [0.1, 0.15) is 63.4 Å².